The average Bonchev–Trinajstić information content (AvgIpc) is 2.38. The Balaban J connectivity index is 2.54. The minimum atomic E-state index is -1.09. The van der Waals surface area contributed by atoms with Crippen molar-refractivity contribution in [2.24, 2.45) is 0 Å². The summed E-state index contributed by atoms with van der Waals surface area (Å²) in [6, 6.07) is 10.3. The zero-order chi connectivity index (χ0) is 14.0. The number of carboxylic acid groups (broad SMARTS) is 1. The summed E-state index contributed by atoms with van der Waals surface area (Å²) in [6.45, 7) is 1.45. The zero-order valence-corrected chi connectivity index (χ0v) is 10.2. The number of hydrogen-bond donors (Lipinski definition) is 1. The van der Waals surface area contributed by atoms with Crippen LogP contribution in [0.25, 0.3) is 11.1 Å². The standard InChI is InChI=1S/C15H12O4/c1-9(16)10-2-4-11(5-3-10)14-8-12(17)6-7-13(14)15(18)19/h2-8,17H,1H3,(H,18,19)/p-1. The molecule has 4 nitrogen and oxygen atoms in total. The van der Waals surface area contributed by atoms with Gasteiger partial charge in [0, 0.05) is 5.56 Å². The first-order chi connectivity index (χ1) is 8.99. The van der Waals surface area contributed by atoms with E-state index in [1.165, 1.54) is 25.1 Å². The molecule has 1 N–H and O–H groups in total. The summed E-state index contributed by atoms with van der Waals surface area (Å²) >= 11 is 0. The third-order valence-corrected chi connectivity index (χ3v) is 2.82. The molecule has 96 valence electrons. The van der Waals surface area contributed by atoms with Crippen molar-refractivity contribution in [3.63, 3.8) is 0 Å². The monoisotopic (exact) mass is 255 g/mol. The van der Waals surface area contributed by atoms with Crippen molar-refractivity contribution in [3.05, 3.63) is 53.6 Å². The molecule has 2 aromatic carbocycles. The lowest BCUT2D eigenvalue weighted by molar-refractivity contribution is -0.268. The SMILES string of the molecule is CC(=O)c1ccc(-c2cc([O-])ccc2C(=O)O)cc1. The van der Waals surface area contributed by atoms with Crippen LogP contribution in [0.5, 0.6) is 5.75 Å². The third-order valence-electron chi connectivity index (χ3n) is 2.82. The molecule has 0 bridgehead atoms. The Morgan fingerprint density at radius 1 is 1.05 bits per heavy atom. The molecule has 19 heavy (non-hydrogen) atoms. The molecule has 2 aromatic rings. The largest absolute Gasteiger partial charge is 0.872 e. The van der Waals surface area contributed by atoms with Gasteiger partial charge in [0.25, 0.3) is 0 Å². The van der Waals surface area contributed by atoms with Crippen molar-refractivity contribution in [1.29, 1.82) is 0 Å². The highest BCUT2D eigenvalue weighted by Crippen LogP contribution is 2.27. The molecule has 2 rings (SSSR count). The quantitative estimate of drug-likeness (QED) is 0.854. The van der Waals surface area contributed by atoms with Gasteiger partial charge in [-0.25, -0.2) is 4.79 Å². The van der Waals surface area contributed by atoms with Gasteiger partial charge in [0.15, 0.2) is 5.78 Å². The predicted octanol–water partition coefficient (Wildman–Crippen LogP) is 2.33. The van der Waals surface area contributed by atoms with Crippen molar-refractivity contribution < 1.29 is 19.8 Å². The van der Waals surface area contributed by atoms with E-state index in [0.29, 0.717) is 16.7 Å². The normalized spacial score (nSPS) is 10.2. The van der Waals surface area contributed by atoms with E-state index in [9.17, 15) is 14.7 Å². The highest BCUT2D eigenvalue weighted by molar-refractivity contribution is 5.97. The Hall–Kier alpha value is -2.62. The van der Waals surface area contributed by atoms with E-state index >= 15 is 0 Å². The number of Topliss-reactive ketones (excluding diaryl/α,β-unsaturated/α-hetero) is 1. The maximum Gasteiger partial charge on any atom is 0.336 e. The molecule has 0 aromatic heterocycles. The van der Waals surface area contributed by atoms with Gasteiger partial charge >= 0.3 is 5.97 Å². The Bertz CT molecular complexity index is 642. The molecular formula is C15H11O4-. The fraction of sp³-hybridized carbons (Fsp3) is 0.0667. The van der Waals surface area contributed by atoms with Crippen molar-refractivity contribution in [3.8, 4) is 16.9 Å². The highest BCUT2D eigenvalue weighted by atomic mass is 16.4. The Morgan fingerprint density at radius 3 is 2.21 bits per heavy atom. The summed E-state index contributed by atoms with van der Waals surface area (Å²) < 4.78 is 0. The van der Waals surface area contributed by atoms with Crippen molar-refractivity contribution >= 4 is 11.8 Å². The number of ketones is 1. The molecule has 0 amide bonds. The molecule has 0 spiro atoms. The van der Waals surface area contributed by atoms with Gasteiger partial charge in [-0.05, 0) is 24.1 Å². The first-order valence-electron chi connectivity index (χ1n) is 5.65. The van der Waals surface area contributed by atoms with Gasteiger partial charge < -0.3 is 10.2 Å². The Labute approximate surface area is 109 Å². The minimum Gasteiger partial charge on any atom is -0.872 e. The molecule has 0 unspecified atom stereocenters. The van der Waals surface area contributed by atoms with Crippen LogP contribution in [0.4, 0.5) is 0 Å². The number of carboxylic acids is 1. The zero-order valence-electron chi connectivity index (χ0n) is 10.2. The number of carbonyl (C=O) groups excluding carboxylic acids is 1. The van der Waals surface area contributed by atoms with Gasteiger partial charge in [0.2, 0.25) is 0 Å². The van der Waals surface area contributed by atoms with E-state index in [1.54, 1.807) is 24.3 Å². The molecule has 0 aliphatic rings. The van der Waals surface area contributed by atoms with Crippen LogP contribution in [0.3, 0.4) is 0 Å². The van der Waals surface area contributed by atoms with E-state index in [1.807, 2.05) is 0 Å². The molecule has 0 aliphatic heterocycles. The molecule has 0 saturated carbocycles. The van der Waals surface area contributed by atoms with Crippen LogP contribution in [-0.2, 0) is 0 Å². The van der Waals surface area contributed by atoms with Crippen LogP contribution in [0, 0.1) is 0 Å². The molecule has 0 fully saturated rings. The third kappa shape index (κ3) is 2.63. The fourth-order valence-electron chi connectivity index (χ4n) is 1.83. The van der Waals surface area contributed by atoms with Gasteiger partial charge in [-0.1, -0.05) is 36.4 Å². The lowest BCUT2D eigenvalue weighted by atomic mass is 9.98. The number of rotatable bonds is 3. The smallest absolute Gasteiger partial charge is 0.336 e. The molecule has 0 radical (unpaired) electrons. The van der Waals surface area contributed by atoms with Gasteiger partial charge in [0.1, 0.15) is 0 Å². The summed E-state index contributed by atoms with van der Waals surface area (Å²) in [6.07, 6.45) is 0. The number of aromatic carboxylic acids is 1. The fourth-order valence-corrected chi connectivity index (χ4v) is 1.83. The van der Waals surface area contributed by atoms with Gasteiger partial charge in [-0.15, -0.1) is 5.75 Å². The van der Waals surface area contributed by atoms with Gasteiger partial charge in [0.05, 0.1) is 5.56 Å². The van der Waals surface area contributed by atoms with Crippen molar-refractivity contribution in [2.45, 2.75) is 6.92 Å². The summed E-state index contributed by atoms with van der Waals surface area (Å²) in [5, 5.41) is 20.5. The molecule has 4 heteroatoms. The van der Waals surface area contributed by atoms with E-state index in [2.05, 4.69) is 0 Å². The van der Waals surface area contributed by atoms with E-state index in [-0.39, 0.29) is 17.1 Å². The first kappa shape index (κ1) is 12.8. The van der Waals surface area contributed by atoms with Crippen LogP contribution < -0.4 is 5.11 Å². The van der Waals surface area contributed by atoms with E-state index in [0.717, 1.165) is 0 Å². The summed E-state index contributed by atoms with van der Waals surface area (Å²) in [4.78, 5) is 22.3. The molecule has 0 heterocycles. The topological polar surface area (TPSA) is 77.4 Å². The second kappa shape index (κ2) is 4.94. The molecular weight excluding hydrogens is 244 g/mol. The Morgan fingerprint density at radius 2 is 1.68 bits per heavy atom. The maximum absolute atomic E-state index is 11.4. The second-order valence-corrected chi connectivity index (χ2v) is 4.15. The Kier molecular flexibility index (Phi) is 3.33. The number of hydrogen-bond acceptors (Lipinski definition) is 3. The lowest BCUT2D eigenvalue weighted by Crippen LogP contribution is -2.01. The van der Waals surface area contributed by atoms with Gasteiger partial charge in [-0.3, -0.25) is 4.79 Å². The summed E-state index contributed by atoms with van der Waals surface area (Å²) in [7, 11) is 0. The van der Waals surface area contributed by atoms with Crippen molar-refractivity contribution in [2.75, 3.05) is 0 Å². The predicted molar refractivity (Wildman–Crippen MR) is 68.3 cm³/mol. The highest BCUT2D eigenvalue weighted by Gasteiger charge is 2.11. The summed E-state index contributed by atoms with van der Waals surface area (Å²) in [5.74, 6) is -1.41. The molecule has 0 atom stereocenters. The minimum absolute atomic E-state index is 0.0650. The maximum atomic E-state index is 11.4. The number of benzene rings is 2. The second-order valence-electron chi connectivity index (χ2n) is 4.15. The van der Waals surface area contributed by atoms with Crippen molar-refractivity contribution in [1.82, 2.24) is 0 Å². The van der Waals surface area contributed by atoms with Crippen LogP contribution >= 0.6 is 0 Å². The average molecular weight is 255 g/mol. The van der Waals surface area contributed by atoms with Crippen LogP contribution in [0.15, 0.2) is 42.5 Å². The van der Waals surface area contributed by atoms with Crippen LogP contribution in [0.2, 0.25) is 0 Å². The first-order valence-corrected chi connectivity index (χ1v) is 5.65. The lowest BCUT2D eigenvalue weighted by Gasteiger charge is -2.12. The van der Waals surface area contributed by atoms with Crippen LogP contribution in [-0.4, -0.2) is 16.9 Å². The summed E-state index contributed by atoms with van der Waals surface area (Å²) in [5.41, 5.74) is 1.56. The molecule has 0 saturated heterocycles. The number of carbonyl (C=O) groups is 2. The van der Waals surface area contributed by atoms with E-state index in [4.69, 9.17) is 5.11 Å². The van der Waals surface area contributed by atoms with E-state index < -0.39 is 5.97 Å². The molecule has 0 aliphatic carbocycles. The van der Waals surface area contributed by atoms with Gasteiger partial charge in [-0.2, -0.15) is 0 Å². The van der Waals surface area contributed by atoms with Crippen LogP contribution in [0.1, 0.15) is 27.6 Å².